The second kappa shape index (κ2) is 7.14. The number of pyridine rings is 1. The van der Waals surface area contributed by atoms with E-state index in [4.69, 9.17) is 23.2 Å². The van der Waals surface area contributed by atoms with E-state index in [2.05, 4.69) is 15.0 Å². The third kappa shape index (κ3) is 4.38. The average Bonchev–Trinajstić information content (AvgIpc) is 2.27. The predicted molar refractivity (Wildman–Crippen MR) is 80.7 cm³/mol. The Balaban J connectivity index is 0.00000180. The number of hydrogen-bond donors (Lipinski definition) is 1. The topological polar surface area (TPSA) is 58.6 Å². The predicted octanol–water partition coefficient (Wildman–Crippen LogP) is 3.49. The Morgan fingerprint density at radius 3 is 2.53 bits per heavy atom. The smallest absolute Gasteiger partial charge is 0.251 e. The van der Waals surface area contributed by atoms with Crippen molar-refractivity contribution < 1.29 is 0 Å². The van der Waals surface area contributed by atoms with Crippen LogP contribution in [0.2, 0.25) is 10.0 Å². The van der Waals surface area contributed by atoms with E-state index < -0.39 is 0 Å². The van der Waals surface area contributed by atoms with Gasteiger partial charge in [0.1, 0.15) is 0 Å². The first kappa shape index (κ1) is 16.3. The fraction of sp³-hybridized carbons (Fsp3) is 0.182. The number of halogens is 3. The highest BCUT2D eigenvalue weighted by Crippen LogP contribution is 2.29. The van der Waals surface area contributed by atoms with Crippen LogP contribution >= 0.6 is 47.4 Å². The molecule has 8 heteroatoms. The van der Waals surface area contributed by atoms with Crippen LogP contribution in [0.15, 0.2) is 28.4 Å². The van der Waals surface area contributed by atoms with Gasteiger partial charge < -0.3 is 4.98 Å². The van der Waals surface area contributed by atoms with Gasteiger partial charge in [0.25, 0.3) is 5.56 Å². The molecule has 2 heterocycles. The number of thioether (sulfide) groups is 1. The maximum atomic E-state index is 11.3. The minimum absolute atomic E-state index is 0. The normalized spacial score (nSPS) is 10.1. The minimum atomic E-state index is -0.170. The standard InChI is InChI=1S/C11H9Cl2N3OS.ClH/c1-6-2-10(17)16-11(15-6)18-5-7-8(12)3-14-4-9(7)13;/h2-4H,5H2,1H3,(H,15,16,17);1H. The summed E-state index contributed by atoms with van der Waals surface area (Å²) in [6, 6.07) is 1.44. The van der Waals surface area contributed by atoms with Gasteiger partial charge in [0.2, 0.25) is 0 Å². The maximum absolute atomic E-state index is 11.3. The lowest BCUT2D eigenvalue weighted by molar-refractivity contribution is 0.905. The zero-order valence-electron chi connectivity index (χ0n) is 9.81. The van der Waals surface area contributed by atoms with Gasteiger partial charge in [-0.15, -0.1) is 12.4 Å². The van der Waals surface area contributed by atoms with Gasteiger partial charge in [-0.2, -0.15) is 0 Å². The third-order valence-electron chi connectivity index (χ3n) is 2.15. The molecule has 0 unspecified atom stereocenters. The van der Waals surface area contributed by atoms with Crippen LogP contribution in [0, 0.1) is 6.92 Å². The van der Waals surface area contributed by atoms with E-state index in [9.17, 15) is 4.79 Å². The van der Waals surface area contributed by atoms with Crippen LogP contribution in [0.1, 0.15) is 11.3 Å². The van der Waals surface area contributed by atoms with Crippen molar-refractivity contribution in [2.45, 2.75) is 17.8 Å². The molecule has 0 aromatic carbocycles. The summed E-state index contributed by atoms with van der Waals surface area (Å²) in [5.74, 6) is 0.520. The molecule has 1 N–H and O–H groups in total. The molecule has 0 saturated carbocycles. The largest absolute Gasteiger partial charge is 0.301 e. The van der Waals surface area contributed by atoms with Gasteiger partial charge in [-0.05, 0) is 6.92 Å². The van der Waals surface area contributed by atoms with Crippen molar-refractivity contribution in [2.24, 2.45) is 0 Å². The molecule has 0 bridgehead atoms. The molecule has 0 radical (unpaired) electrons. The van der Waals surface area contributed by atoms with Crippen molar-refractivity contribution in [3.8, 4) is 0 Å². The number of aromatic amines is 1. The monoisotopic (exact) mass is 337 g/mol. The first-order valence-corrected chi connectivity index (χ1v) is 6.79. The molecule has 0 amide bonds. The molecule has 2 aromatic heterocycles. The summed E-state index contributed by atoms with van der Waals surface area (Å²) in [4.78, 5) is 22.0. The van der Waals surface area contributed by atoms with Crippen LogP contribution in [0.25, 0.3) is 0 Å². The SMILES string of the molecule is Cc1cc(=O)[nH]c(SCc2c(Cl)cncc2Cl)n1.Cl. The van der Waals surface area contributed by atoms with E-state index in [0.29, 0.717) is 26.6 Å². The van der Waals surface area contributed by atoms with E-state index in [1.54, 1.807) is 6.92 Å². The van der Waals surface area contributed by atoms with Crippen molar-refractivity contribution in [3.05, 3.63) is 50.1 Å². The van der Waals surface area contributed by atoms with Crippen LogP contribution in [0.4, 0.5) is 0 Å². The Labute approximate surface area is 130 Å². The van der Waals surface area contributed by atoms with Gasteiger partial charge in [-0.3, -0.25) is 9.78 Å². The molecule has 0 aliphatic rings. The molecule has 0 spiro atoms. The number of H-pyrrole nitrogens is 1. The van der Waals surface area contributed by atoms with E-state index in [-0.39, 0.29) is 18.0 Å². The van der Waals surface area contributed by atoms with E-state index >= 15 is 0 Å². The van der Waals surface area contributed by atoms with Crippen molar-refractivity contribution in [1.29, 1.82) is 0 Å². The minimum Gasteiger partial charge on any atom is -0.301 e. The van der Waals surface area contributed by atoms with E-state index in [1.165, 1.54) is 30.2 Å². The number of rotatable bonds is 3. The highest BCUT2D eigenvalue weighted by Gasteiger charge is 2.08. The van der Waals surface area contributed by atoms with Crippen LogP contribution < -0.4 is 5.56 Å². The fourth-order valence-electron chi connectivity index (χ4n) is 1.34. The summed E-state index contributed by atoms with van der Waals surface area (Å²) in [5.41, 5.74) is 1.28. The number of hydrogen-bond acceptors (Lipinski definition) is 4. The number of nitrogens with one attached hydrogen (secondary N) is 1. The van der Waals surface area contributed by atoms with Crippen molar-refractivity contribution in [1.82, 2.24) is 15.0 Å². The van der Waals surface area contributed by atoms with Crippen molar-refractivity contribution >= 4 is 47.4 Å². The van der Waals surface area contributed by atoms with Crippen molar-refractivity contribution in [3.63, 3.8) is 0 Å². The molecular formula is C11H10Cl3N3OS. The summed E-state index contributed by atoms with van der Waals surface area (Å²) in [7, 11) is 0. The summed E-state index contributed by atoms with van der Waals surface area (Å²) >= 11 is 13.4. The lowest BCUT2D eigenvalue weighted by atomic mass is 10.3. The van der Waals surface area contributed by atoms with Gasteiger partial charge in [0, 0.05) is 35.5 Å². The second-order valence-electron chi connectivity index (χ2n) is 3.56. The molecular weight excluding hydrogens is 329 g/mol. The van der Waals surface area contributed by atoms with Crippen LogP contribution in [0.5, 0.6) is 0 Å². The molecule has 0 saturated heterocycles. The third-order valence-corrected chi connectivity index (χ3v) is 3.70. The van der Waals surface area contributed by atoms with E-state index in [0.717, 1.165) is 5.56 Å². The van der Waals surface area contributed by atoms with Gasteiger partial charge in [0.05, 0.1) is 10.0 Å². The Kier molecular flexibility index (Phi) is 6.13. The quantitative estimate of drug-likeness (QED) is 0.687. The molecule has 19 heavy (non-hydrogen) atoms. The van der Waals surface area contributed by atoms with Gasteiger partial charge in [-0.25, -0.2) is 4.98 Å². The van der Waals surface area contributed by atoms with Gasteiger partial charge in [0.15, 0.2) is 5.16 Å². The van der Waals surface area contributed by atoms with Gasteiger partial charge in [-0.1, -0.05) is 35.0 Å². The first-order valence-electron chi connectivity index (χ1n) is 5.05. The lowest BCUT2D eigenvalue weighted by Gasteiger charge is -2.05. The van der Waals surface area contributed by atoms with E-state index in [1.807, 2.05) is 0 Å². The molecule has 102 valence electrons. The summed E-state index contributed by atoms with van der Waals surface area (Å²) in [6.07, 6.45) is 3.07. The molecule has 4 nitrogen and oxygen atoms in total. The fourth-order valence-corrected chi connectivity index (χ4v) is 2.97. The summed E-state index contributed by atoms with van der Waals surface area (Å²) < 4.78 is 0. The highest BCUT2D eigenvalue weighted by molar-refractivity contribution is 7.98. The lowest BCUT2D eigenvalue weighted by Crippen LogP contribution is -2.08. The Bertz CT molecular complexity index is 613. The number of aryl methyl sites for hydroxylation is 1. The highest BCUT2D eigenvalue weighted by atomic mass is 35.5. The molecule has 0 aliphatic carbocycles. The molecule has 2 aromatic rings. The Morgan fingerprint density at radius 2 is 1.95 bits per heavy atom. The number of nitrogens with zero attached hydrogens (tertiary/aromatic N) is 2. The molecule has 0 aliphatic heterocycles. The number of aromatic nitrogens is 3. The van der Waals surface area contributed by atoms with Crippen molar-refractivity contribution in [2.75, 3.05) is 0 Å². The summed E-state index contributed by atoms with van der Waals surface area (Å²) in [5, 5.41) is 1.55. The molecule has 2 rings (SSSR count). The van der Waals surface area contributed by atoms with Gasteiger partial charge >= 0.3 is 0 Å². The van der Waals surface area contributed by atoms with Crippen LogP contribution in [-0.2, 0) is 5.75 Å². The summed E-state index contributed by atoms with van der Waals surface area (Å²) in [6.45, 7) is 1.77. The second-order valence-corrected chi connectivity index (χ2v) is 5.34. The van der Waals surface area contributed by atoms with Crippen LogP contribution in [0.3, 0.4) is 0 Å². The Hall–Kier alpha value is -0.750. The molecule has 0 atom stereocenters. The maximum Gasteiger partial charge on any atom is 0.251 e. The zero-order chi connectivity index (χ0) is 13.1. The van der Waals surface area contributed by atoms with Crippen LogP contribution in [-0.4, -0.2) is 15.0 Å². The first-order chi connectivity index (χ1) is 8.56. The zero-order valence-corrected chi connectivity index (χ0v) is 13.0. The Morgan fingerprint density at radius 1 is 1.32 bits per heavy atom. The molecule has 0 fully saturated rings. The average molecular weight is 339 g/mol.